The molecule has 1 N–H and O–H groups in total. The third-order valence-electron chi connectivity index (χ3n) is 3.58. The summed E-state index contributed by atoms with van der Waals surface area (Å²) in [6.07, 6.45) is 0.825. The molecule has 2 aromatic carbocycles. The van der Waals surface area contributed by atoms with E-state index in [0.29, 0.717) is 6.54 Å². The Morgan fingerprint density at radius 3 is 2.43 bits per heavy atom. The fourth-order valence-electron chi connectivity index (χ4n) is 2.14. The second-order valence-electron chi connectivity index (χ2n) is 5.33. The summed E-state index contributed by atoms with van der Waals surface area (Å²) >= 11 is 1.66. The van der Waals surface area contributed by atoms with Gasteiger partial charge in [0, 0.05) is 12.3 Å². The van der Waals surface area contributed by atoms with Gasteiger partial charge in [0.1, 0.15) is 5.75 Å². The zero-order chi connectivity index (χ0) is 16.5. The van der Waals surface area contributed by atoms with E-state index in [1.54, 1.807) is 18.9 Å². The molecule has 122 valence electrons. The molecule has 0 bridgehead atoms. The normalized spacial score (nSPS) is 11.7. The number of hydrogen-bond acceptors (Lipinski definition) is 3. The van der Waals surface area contributed by atoms with Crippen LogP contribution in [0.15, 0.2) is 54.6 Å². The van der Waals surface area contributed by atoms with Gasteiger partial charge < -0.3 is 10.1 Å². The first kappa shape index (κ1) is 17.4. The van der Waals surface area contributed by atoms with Gasteiger partial charge in [-0.15, -0.1) is 11.8 Å². The van der Waals surface area contributed by atoms with Crippen molar-refractivity contribution in [1.82, 2.24) is 5.32 Å². The summed E-state index contributed by atoms with van der Waals surface area (Å²) < 4.78 is 5.13. The van der Waals surface area contributed by atoms with Crippen LogP contribution in [0.3, 0.4) is 0 Å². The van der Waals surface area contributed by atoms with Crippen molar-refractivity contribution >= 4 is 17.7 Å². The third kappa shape index (κ3) is 5.99. The van der Waals surface area contributed by atoms with E-state index >= 15 is 0 Å². The molecule has 0 aliphatic heterocycles. The van der Waals surface area contributed by atoms with E-state index in [-0.39, 0.29) is 11.2 Å². The molecule has 0 radical (unpaired) electrons. The van der Waals surface area contributed by atoms with Crippen molar-refractivity contribution in [3.8, 4) is 5.75 Å². The van der Waals surface area contributed by atoms with Crippen molar-refractivity contribution in [2.24, 2.45) is 0 Å². The molecule has 0 heterocycles. The zero-order valence-corrected chi connectivity index (χ0v) is 14.4. The predicted octanol–water partition coefficient (Wildman–Crippen LogP) is 3.68. The number of carbonyl (C=O) groups is 1. The number of rotatable bonds is 8. The van der Waals surface area contributed by atoms with Gasteiger partial charge in [-0.3, -0.25) is 4.79 Å². The van der Waals surface area contributed by atoms with Crippen LogP contribution in [0.2, 0.25) is 0 Å². The number of carbonyl (C=O) groups excluding carboxylic acids is 1. The third-order valence-corrected chi connectivity index (χ3v) is 4.80. The van der Waals surface area contributed by atoms with Crippen molar-refractivity contribution in [1.29, 1.82) is 0 Å². The van der Waals surface area contributed by atoms with Crippen LogP contribution in [-0.4, -0.2) is 24.8 Å². The molecule has 0 unspecified atom stereocenters. The lowest BCUT2D eigenvalue weighted by Gasteiger charge is -2.12. The lowest BCUT2D eigenvalue weighted by atomic mass is 10.1. The van der Waals surface area contributed by atoms with E-state index in [2.05, 4.69) is 17.4 Å². The number of thioether (sulfide) groups is 1. The summed E-state index contributed by atoms with van der Waals surface area (Å²) in [6, 6.07) is 18.2. The standard InChI is InChI=1S/C19H23NO2S/c1-15(23-14-17-6-4-3-5-7-17)19(21)20-13-12-16-8-10-18(22-2)11-9-16/h3-11,15H,12-14H2,1-2H3,(H,20,21)/t15-/m1/s1. The van der Waals surface area contributed by atoms with Crippen LogP contribution >= 0.6 is 11.8 Å². The van der Waals surface area contributed by atoms with Crippen molar-refractivity contribution in [2.75, 3.05) is 13.7 Å². The molecule has 1 atom stereocenters. The minimum Gasteiger partial charge on any atom is -0.497 e. The van der Waals surface area contributed by atoms with Crippen LogP contribution in [0.4, 0.5) is 0 Å². The average molecular weight is 329 g/mol. The van der Waals surface area contributed by atoms with Gasteiger partial charge in [0.2, 0.25) is 5.91 Å². The number of methoxy groups -OCH3 is 1. The molecule has 23 heavy (non-hydrogen) atoms. The van der Waals surface area contributed by atoms with Gasteiger partial charge in [0.15, 0.2) is 0 Å². The highest BCUT2D eigenvalue weighted by atomic mass is 32.2. The average Bonchev–Trinajstić information content (AvgIpc) is 2.61. The molecule has 0 aromatic heterocycles. The first-order valence-electron chi connectivity index (χ1n) is 7.75. The minimum absolute atomic E-state index is 0.0499. The summed E-state index contributed by atoms with van der Waals surface area (Å²) in [5, 5.41) is 2.95. The van der Waals surface area contributed by atoms with Gasteiger partial charge in [-0.05, 0) is 36.6 Å². The molecule has 0 fully saturated rings. The molecule has 4 heteroatoms. The Morgan fingerprint density at radius 1 is 1.09 bits per heavy atom. The van der Waals surface area contributed by atoms with Crippen LogP contribution in [0.25, 0.3) is 0 Å². The fourth-order valence-corrected chi connectivity index (χ4v) is 3.01. The molecule has 1 amide bonds. The van der Waals surface area contributed by atoms with Crippen LogP contribution in [0, 0.1) is 0 Å². The summed E-state index contributed by atoms with van der Waals surface area (Å²) in [5.74, 6) is 1.80. The first-order valence-corrected chi connectivity index (χ1v) is 8.80. The predicted molar refractivity (Wildman–Crippen MR) is 96.9 cm³/mol. The van der Waals surface area contributed by atoms with Crippen molar-refractivity contribution in [3.63, 3.8) is 0 Å². The molecule has 0 saturated heterocycles. The van der Waals surface area contributed by atoms with E-state index in [9.17, 15) is 4.79 Å². The number of hydrogen-bond donors (Lipinski definition) is 1. The van der Waals surface area contributed by atoms with Crippen molar-refractivity contribution in [3.05, 3.63) is 65.7 Å². The molecule has 0 spiro atoms. The highest BCUT2D eigenvalue weighted by Crippen LogP contribution is 2.17. The second kappa shape index (κ2) is 9.26. The molecule has 0 aliphatic carbocycles. The Kier molecular flexibility index (Phi) is 7.01. The molecule has 2 aromatic rings. The summed E-state index contributed by atoms with van der Waals surface area (Å²) in [4.78, 5) is 12.1. The monoisotopic (exact) mass is 329 g/mol. The Hall–Kier alpha value is -1.94. The molecular formula is C19H23NO2S. The molecule has 0 saturated carbocycles. The first-order chi connectivity index (χ1) is 11.2. The summed E-state index contributed by atoms with van der Waals surface area (Å²) in [5.41, 5.74) is 2.44. The maximum Gasteiger partial charge on any atom is 0.232 e. The highest BCUT2D eigenvalue weighted by Gasteiger charge is 2.12. The number of nitrogens with one attached hydrogen (secondary N) is 1. The largest absolute Gasteiger partial charge is 0.497 e. The molecule has 3 nitrogen and oxygen atoms in total. The van der Waals surface area contributed by atoms with Gasteiger partial charge >= 0.3 is 0 Å². The Morgan fingerprint density at radius 2 is 1.78 bits per heavy atom. The van der Waals surface area contributed by atoms with E-state index in [1.165, 1.54) is 11.1 Å². The fraction of sp³-hybridized carbons (Fsp3) is 0.316. The van der Waals surface area contributed by atoms with E-state index in [0.717, 1.165) is 17.9 Å². The van der Waals surface area contributed by atoms with Gasteiger partial charge in [-0.1, -0.05) is 42.5 Å². The number of ether oxygens (including phenoxy) is 1. The van der Waals surface area contributed by atoms with Crippen LogP contribution in [-0.2, 0) is 17.0 Å². The minimum atomic E-state index is -0.0499. The van der Waals surface area contributed by atoms with Crippen LogP contribution < -0.4 is 10.1 Å². The Bertz CT molecular complexity index is 599. The molecule has 0 aliphatic rings. The topological polar surface area (TPSA) is 38.3 Å². The smallest absolute Gasteiger partial charge is 0.232 e. The zero-order valence-electron chi connectivity index (χ0n) is 13.6. The van der Waals surface area contributed by atoms with Gasteiger partial charge in [-0.2, -0.15) is 0 Å². The van der Waals surface area contributed by atoms with Crippen molar-refractivity contribution in [2.45, 2.75) is 24.3 Å². The lowest BCUT2D eigenvalue weighted by molar-refractivity contribution is -0.120. The maximum atomic E-state index is 12.1. The van der Waals surface area contributed by atoms with Gasteiger partial charge in [0.05, 0.1) is 12.4 Å². The SMILES string of the molecule is COc1ccc(CCNC(=O)[C@@H](C)SCc2ccccc2)cc1. The maximum absolute atomic E-state index is 12.1. The second-order valence-corrected chi connectivity index (χ2v) is 6.66. The summed E-state index contributed by atoms with van der Waals surface area (Å²) in [6.45, 7) is 2.61. The number of benzene rings is 2. The van der Waals surface area contributed by atoms with Crippen LogP contribution in [0.1, 0.15) is 18.1 Å². The summed E-state index contributed by atoms with van der Waals surface area (Å²) in [7, 11) is 1.66. The molecular weight excluding hydrogens is 306 g/mol. The van der Waals surface area contributed by atoms with Gasteiger partial charge in [0.25, 0.3) is 0 Å². The van der Waals surface area contributed by atoms with E-state index in [4.69, 9.17) is 4.74 Å². The lowest BCUT2D eigenvalue weighted by Crippen LogP contribution is -2.32. The van der Waals surface area contributed by atoms with Crippen LogP contribution in [0.5, 0.6) is 5.75 Å². The van der Waals surface area contributed by atoms with E-state index in [1.807, 2.05) is 49.4 Å². The number of amides is 1. The quantitative estimate of drug-likeness (QED) is 0.803. The van der Waals surface area contributed by atoms with E-state index < -0.39 is 0 Å². The Labute approximate surface area is 142 Å². The Balaban J connectivity index is 1.69. The highest BCUT2D eigenvalue weighted by molar-refractivity contribution is 7.99. The van der Waals surface area contributed by atoms with Crippen molar-refractivity contribution < 1.29 is 9.53 Å². The molecule has 2 rings (SSSR count). The van der Waals surface area contributed by atoms with Gasteiger partial charge in [-0.25, -0.2) is 0 Å².